The maximum absolute atomic E-state index is 12.3. The summed E-state index contributed by atoms with van der Waals surface area (Å²) in [7, 11) is 1.68. The Balaban J connectivity index is 1.57. The lowest BCUT2D eigenvalue weighted by Gasteiger charge is -2.29. The van der Waals surface area contributed by atoms with E-state index in [9.17, 15) is 9.90 Å². The third-order valence-electron chi connectivity index (χ3n) is 4.06. The van der Waals surface area contributed by atoms with Crippen LogP contribution in [0.15, 0.2) is 31.0 Å². The summed E-state index contributed by atoms with van der Waals surface area (Å²) in [5.74, 6) is 0.592. The number of likely N-dealkylation sites (N-methyl/N-ethyl adjacent to an activating group) is 1. The number of rotatable bonds is 5. The van der Waals surface area contributed by atoms with Crippen LogP contribution in [0.4, 0.5) is 5.82 Å². The van der Waals surface area contributed by atoms with Crippen LogP contribution in [0.2, 0.25) is 5.02 Å². The summed E-state index contributed by atoms with van der Waals surface area (Å²) in [5, 5.41) is 15.3. The molecule has 0 unspecified atom stereocenters. The monoisotopic (exact) mass is 350 g/mol. The topological polar surface area (TPSA) is 87.4 Å². The van der Waals surface area contributed by atoms with Crippen molar-refractivity contribution >= 4 is 23.3 Å². The largest absolute Gasteiger partial charge is 0.386 e. The Hall–Kier alpha value is -2.19. The third kappa shape index (κ3) is 3.82. The van der Waals surface area contributed by atoms with Gasteiger partial charge in [0.2, 0.25) is 5.91 Å². The first-order valence-electron chi connectivity index (χ1n) is 7.60. The van der Waals surface area contributed by atoms with Gasteiger partial charge in [0.1, 0.15) is 18.0 Å². The molecule has 3 heterocycles. The molecule has 0 aromatic carbocycles. The lowest BCUT2D eigenvalue weighted by molar-refractivity contribution is -0.133. The highest BCUT2D eigenvalue weighted by molar-refractivity contribution is 6.30. The van der Waals surface area contributed by atoms with Gasteiger partial charge in [-0.15, -0.1) is 0 Å². The molecule has 1 aliphatic heterocycles. The molecule has 128 valence electrons. The molecular weight excluding hydrogens is 332 g/mol. The molecular formula is C15H19ClN6O2. The second-order valence-electron chi connectivity index (χ2n) is 6.07. The van der Waals surface area contributed by atoms with Crippen LogP contribution >= 0.6 is 11.6 Å². The number of hydrogen-bond donors (Lipinski definition) is 1. The minimum Gasteiger partial charge on any atom is -0.386 e. The van der Waals surface area contributed by atoms with E-state index >= 15 is 0 Å². The van der Waals surface area contributed by atoms with Crippen LogP contribution < -0.4 is 4.90 Å². The van der Waals surface area contributed by atoms with Gasteiger partial charge in [0.15, 0.2) is 0 Å². The minimum atomic E-state index is -0.969. The van der Waals surface area contributed by atoms with Gasteiger partial charge < -0.3 is 14.9 Å². The van der Waals surface area contributed by atoms with Crippen LogP contribution in [-0.4, -0.2) is 67.9 Å². The van der Waals surface area contributed by atoms with Crippen molar-refractivity contribution in [2.45, 2.75) is 18.6 Å². The van der Waals surface area contributed by atoms with Gasteiger partial charge in [0, 0.05) is 38.7 Å². The van der Waals surface area contributed by atoms with Gasteiger partial charge in [0.25, 0.3) is 0 Å². The molecule has 3 rings (SSSR count). The van der Waals surface area contributed by atoms with E-state index in [-0.39, 0.29) is 19.0 Å². The summed E-state index contributed by atoms with van der Waals surface area (Å²) >= 11 is 5.79. The van der Waals surface area contributed by atoms with Crippen LogP contribution in [-0.2, 0) is 11.3 Å². The number of halogens is 1. The fraction of sp³-hybridized carbons (Fsp3) is 0.467. The lowest BCUT2D eigenvalue weighted by atomic mass is 10.0. The number of carbonyl (C=O) groups excluding carboxylic acids is 1. The van der Waals surface area contributed by atoms with Gasteiger partial charge in [-0.1, -0.05) is 11.6 Å². The fourth-order valence-corrected chi connectivity index (χ4v) is 3.01. The zero-order chi connectivity index (χ0) is 17.2. The van der Waals surface area contributed by atoms with E-state index < -0.39 is 5.60 Å². The van der Waals surface area contributed by atoms with Crippen molar-refractivity contribution in [1.82, 2.24) is 24.6 Å². The number of anilines is 1. The molecule has 0 radical (unpaired) electrons. The first kappa shape index (κ1) is 16.7. The third-order valence-corrected chi connectivity index (χ3v) is 4.26. The average Bonchev–Trinajstić information content (AvgIpc) is 3.14. The molecule has 2 aromatic rings. The molecule has 24 heavy (non-hydrogen) atoms. The maximum atomic E-state index is 12.3. The molecule has 0 bridgehead atoms. The Labute approximate surface area is 144 Å². The SMILES string of the molecule is CN(C[C@]1(O)CCN(c2cnccn2)C1)C(=O)Cn1cc(Cl)cn1. The number of hydrogen-bond acceptors (Lipinski definition) is 6. The second-order valence-corrected chi connectivity index (χ2v) is 6.50. The maximum Gasteiger partial charge on any atom is 0.244 e. The number of amides is 1. The van der Waals surface area contributed by atoms with E-state index in [1.54, 1.807) is 31.8 Å². The molecule has 1 saturated heterocycles. The summed E-state index contributed by atoms with van der Waals surface area (Å²) in [6, 6.07) is 0. The first-order chi connectivity index (χ1) is 11.5. The zero-order valence-electron chi connectivity index (χ0n) is 13.3. The van der Waals surface area contributed by atoms with Crippen molar-refractivity contribution in [2.24, 2.45) is 0 Å². The fourth-order valence-electron chi connectivity index (χ4n) is 2.85. The van der Waals surface area contributed by atoms with Crippen LogP contribution in [0.5, 0.6) is 0 Å². The number of nitrogens with zero attached hydrogens (tertiary/aromatic N) is 6. The lowest BCUT2D eigenvalue weighted by Crippen LogP contribution is -2.46. The summed E-state index contributed by atoms with van der Waals surface area (Å²) < 4.78 is 1.48. The number of β-amino-alcohol motifs (C(OH)–C–C–N with tert-alkyl or cyclic N) is 1. The van der Waals surface area contributed by atoms with Gasteiger partial charge >= 0.3 is 0 Å². The average molecular weight is 351 g/mol. The standard InChI is InChI=1S/C15H19ClN6O2/c1-20(14(23)9-22-8-12(16)6-19-22)10-15(24)2-5-21(11-15)13-7-17-3-4-18-13/h3-4,6-8,24H,2,5,9-11H2,1H3/t15-/m1/s1. The molecule has 1 atom stereocenters. The summed E-state index contributed by atoms with van der Waals surface area (Å²) in [6.07, 6.45) is 8.54. The first-order valence-corrected chi connectivity index (χ1v) is 7.98. The predicted octanol–water partition coefficient (Wildman–Crippen LogP) is 0.426. The smallest absolute Gasteiger partial charge is 0.244 e. The van der Waals surface area contributed by atoms with E-state index in [2.05, 4.69) is 15.1 Å². The Morgan fingerprint density at radius 3 is 2.96 bits per heavy atom. The molecule has 9 heteroatoms. The molecule has 0 saturated carbocycles. The van der Waals surface area contributed by atoms with Gasteiger partial charge in [-0.2, -0.15) is 5.10 Å². The molecule has 8 nitrogen and oxygen atoms in total. The molecule has 0 spiro atoms. The van der Waals surface area contributed by atoms with Crippen LogP contribution in [0.25, 0.3) is 0 Å². The highest BCUT2D eigenvalue weighted by Crippen LogP contribution is 2.25. The normalized spacial score (nSPS) is 20.4. The van der Waals surface area contributed by atoms with E-state index in [1.165, 1.54) is 15.8 Å². The summed E-state index contributed by atoms with van der Waals surface area (Å²) in [6.45, 7) is 1.42. The van der Waals surface area contributed by atoms with Crippen molar-refractivity contribution in [3.05, 3.63) is 36.0 Å². The minimum absolute atomic E-state index is 0.0905. The highest BCUT2D eigenvalue weighted by Gasteiger charge is 2.38. The van der Waals surface area contributed by atoms with Crippen LogP contribution in [0, 0.1) is 0 Å². The number of carbonyl (C=O) groups is 1. The van der Waals surface area contributed by atoms with Crippen molar-refractivity contribution in [2.75, 3.05) is 31.6 Å². The van der Waals surface area contributed by atoms with Gasteiger partial charge in [-0.25, -0.2) is 4.98 Å². The molecule has 1 fully saturated rings. The summed E-state index contributed by atoms with van der Waals surface area (Å²) in [5.41, 5.74) is -0.969. The van der Waals surface area contributed by atoms with Gasteiger partial charge in [-0.05, 0) is 6.42 Å². The van der Waals surface area contributed by atoms with Crippen LogP contribution in [0.3, 0.4) is 0 Å². The van der Waals surface area contributed by atoms with E-state index in [0.29, 0.717) is 24.5 Å². The quantitative estimate of drug-likeness (QED) is 0.841. The Morgan fingerprint density at radius 2 is 2.29 bits per heavy atom. The Bertz CT molecular complexity index is 709. The highest BCUT2D eigenvalue weighted by atomic mass is 35.5. The Kier molecular flexibility index (Phi) is 4.68. The van der Waals surface area contributed by atoms with Gasteiger partial charge in [0.05, 0.1) is 24.0 Å². The molecule has 0 aliphatic carbocycles. The molecule has 1 aliphatic rings. The second kappa shape index (κ2) is 6.74. The molecule has 1 N–H and O–H groups in total. The zero-order valence-corrected chi connectivity index (χ0v) is 14.1. The van der Waals surface area contributed by atoms with Crippen molar-refractivity contribution < 1.29 is 9.90 Å². The number of aliphatic hydroxyl groups is 1. The van der Waals surface area contributed by atoms with Gasteiger partial charge in [-0.3, -0.25) is 14.5 Å². The van der Waals surface area contributed by atoms with E-state index in [1.807, 2.05) is 4.90 Å². The van der Waals surface area contributed by atoms with E-state index in [4.69, 9.17) is 11.6 Å². The molecule has 1 amide bonds. The van der Waals surface area contributed by atoms with E-state index in [0.717, 1.165) is 5.82 Å². The Morgan fingerprint density at radius 1 is 1.46 bits per heavy atom. The summed E-state index contributed by atoms with van der Waals surface area (Å²) in [4.78, 5) is 24.1. The van der Waals surface area contributed by atoms with Crippen molar-refractivity contribution in [3.8, 4) is 0 Å². The van der Waals surface area contributed by atoms with Crippen LogP contribution in [0.1, 0.15) is 6.42 Å². The van der Waals surface area contributed by atoms with Crippen molar-refractivity contribution in [3.63, 3.8) is 0 Å². The predicted molar refractivity (Wildman–Crippen MR) is 88.7 cm³/mol. The van der Waals surface area contributed by atoms with Crippen molar-refractivity contribution in [1.29, 1.82) is 0 Å². The molecule has 2 aromatic heterocycles. The number of aromatic nitrogens is 4.